The highest BCUT2D eigenvalue weighted by Crippen LogP contribution is 2.25. The molecule has 0 saturated carbocycles. The van der Waals surface area contributed by atoms with Gasteiger partial charge in [0.15, 0.2) is 0 Å². The Morgan fingerprint density at radius 2 is 1.91 bits per heavy atom. The Kier molecular flexibility index (Phi) is 7.99. The van der Waals surface area contributed by atoms with Crippen LogP contribution in [0, 0.1) is 6.92 Å². The van der Waals surface area contributed by atoms with Gasteiger partial charge < -0.3 is 14.2 Å². The number of hydrogen-bond acceptors (Lipinski definition) is 7. The molecule has 7 nitrogen and oxygen atoms in total. The van der Waals surface area contributed by atoms with Gasteiger partial charge >= 0.3 is 0 Å². The van der Waals surface area contributed by atoms with Crippen molar-refractivity contribution in [3.63, 3.8) is 0 Å². The summed E-state index contributed by atoms with van der Waals surface area (Å²) in [5.74, 6) is 1.69. The second-order valence-electron chi connectivity index (χ2n) is 8.41. The van der Waals surface area contributed by atoms with E-state index in [0.29, 0.717) is 13.2 Å². The zero-order valence-corrected chi connectivity index (χ0v) is 19.7. The van der Waals surface area contributed by atoms with Crippen LogP contribution >= 0.6 is 0 Å². The standard InChI is InChI=1S/C26H32N4O3/c1-19-11-21(12-20-5-4-6-23(13-20)32-3)14-24(29-19)25-18-30(8-10-33-25)17-22-15-27-26(28-16-22)7-9-31-2/h4-6,11,13-16,25H,7-10,12,17-18H2,1-3H3/t25-/m1/s1. The lowest BCUT2D eigenvalue weighted by Crippen LogP contribution is -2.38. The molecule has 33 heavy (non-hydrogen) atoms. The minimum atomic E-state index is -0.0513. The van der Waals surface area contributed by atoms with E-state index in [0.717, 1.165) is 61.0 Å². The average molecular weight is 449 g/mol. The summed E-state index contributed by atoms with van der Waals surface area (Å²) in [6.07, 6.45) is 5.34. The largest absolute Gasteiger partial charge is 0.497 e. The molecule has 3 heterocycles. The molecule has 2 aromatic heterocycles. The topological polar surface area (TPSA) is 69.6 Å². The first kappa shape index (κ1) is 23.3. The van der Waals surface area contributed by atoms with Crippen LogP contribution in [-0.4, -0.2) is 60.4 Å². The molecule has 0 bridgehead atoms. The molecule has 1 aliphatic heterocycles. The van der Waals surface area contributed by atoms with E-state index in [1.807, 2.05) is 31.5 Å². The molecule has 4 rings (SSSR count). The van der Waals surface area contributed by atoms with Crippen molar-refractivity contribution in [1.29, 1.82) is 0 Å². The molecule has 1 aromatic carbocycles. The van der Waals surface area contributed by atoms with Crippen molar-refractivity contribution in [3.05, 3.63) is 82.7 Å². The minimum Gasteiger partial charge on any atom is -0.497 e. The highest BCUT2D eigenvalue weighted by molar-refractivity contribution is 5.34. The number of aromatic nitrogens is 3. The molecule has 3 aromatic rings. The second kappa shape index (κ2) is 11.3. The lowest BCUT2D eigenvalue weighted by Gasteiger charge is -2.32. The molecule has 0 spiro atoms. The summed E-state index contributed by atoms with van der Waals surface area (Å²) in [6, 6.07) is 12.5. The fourth-order valence-corrected chi connectivity index (χ4v) is 4.12. The van der Waals surface area contributed by atoms with Gasteiger partial charge in [0.2, 0.25) is 0 Å². The molecule has 0 unspecified atom stereocenters. The van der Waals surface area contributed by atoms with Crippen LogP contribution in [0.4, 0.5) is 0 Å². The first-order chi connectivity index (χ1) is 16.1. The summed E-state index contributed by atoms with van der Waals surface area (Å²) < 4.78 is 16.6. The third-order valence-electron chi connectivity index (χ3n) is 5.75. The summed E-state index contributed by atoms with van der Waals surface area (Å²) in [5, 5.41) is 0. The van der Waals surface area contributed by atoms with Gasteiger partial charge in [-0.2, -0.15) is 0 Å². The normalized spacial score (nSPS) is 16.6. The molecule has 7 heteroatoms. The summed E-state index contributed by atoms with van der Waals surface area (Å²) in [6.45, 7) is 5.82. The molecule has 1 fully saturated rings. The highest BCUT2D eigenvalue weighted by Gasteiger charge is 2.24. The van der Waals surface area contributed by atoms with Gasteiger partial charge in [-0.15, -0.1) is 0 Å². The predicted octanol–water partition coefficient (Wildman–Crippen LogP) is 3.54. The Morgan fingerprint density at radius 3 is 2.70 bits per heavy atom. The quantitative estimate of drug-likeness (QED) is 0.496. The van der Waals surface area contributed by atoms with Crippen molar-refractivity contribution in [2.24, 2.45) is 0 Å². The van der Waals surface area contributed by atoms with Crippen LogP contribution < -0.4 is 4.74 Å². The lowest BCUT2D eigenvalue weighted by atomic mass is 10.0. The Bertz CT molecular complexity index is 1040. The van der Waals surface area contributed by atoms with Gasteiger partial charge in [0, 0.05) is 56.8 Å². The van der Waals surface area contributed by atoms with Gasteiger partial charge in [0.1, 0.15) is 17.7 Å². The van der Waals surface area contributed by atoms with Crippen LogP contribution in [0.15, 0.2) is 48.8 Å². The van der Waals surface area contributed by atoms with Crippen molar-refractivity contribution in [3.8, 4) is 5.75 Å². The number of ether oxygens (including phenoxy) is 3. The molecule has 0 N–H and O–H groups in total. The molecule has 1 aliphatic rings. The maximum Gasteiger partial charge on any atom is 0.130 e. The number of pyridine rings is 1. The Morgan fingerprint density at radius 1 is 1.06 bits per heavy atom. The van der Waals surface area contributed by atoms with Gasteiger partial charge in [0.05, 0.1) is 26.0 Å². The van der Waals surface area contributed by atoms with E-state index >= 15 is 0 Å². The molecule has 0 aliphatic carbocycles. The van der Waals surface area contributed by atoms with E-state index in [9.17, 15) is 0 Å². The van der Waals surface area contributed by atoms with Crippen LogP contribution in [-0.2, 0) is 28.9 Å². The smallest absolute Gasteiger partial charge is 0.130 e. The van der Waals surface area contributed by atoms with Crippen LogP contribution in [0.2, 0.25) is 0 Å². The van der Waals surface area contributed by atoms with Crippen LogP contribution in [0.5, 0.6) is 5.75 Å². The van der Waals surface area contributed by atoms with Crippen LogP contribution in [0.3, 0.4) is 0 Å². The SMILES string of the molecule is COCCc1ncc(CN2CCO[C@@H](c3cc(Cc4cccc(OC)c4)cc(C)n3)C2)cn1. The maximum absolute atomic E-state index is 6.12. The van der Waals surface area contributed by atoms with E-state index < -0.39 is 0 Å². The Balaban J connectivity index is 1.42. The Labute approximate surface area is 195 Å². The van der Waals surface area contributed by atoms with E-state index in [1.54, 1.807) is 14.2 Å². The molecule has 174 valence electrons. The number of nitrogens with zero attached hydrogens (tertiary/aromatic N) is 4. The summed E-state index contributed by atoms with van der Waals surface area (Å²) in [5.41, 5.74) is 5.54. The maximum atomic E-state index is 6.12. The van der Waals surface area contributed by atoms with Crippen LogP contribution in [0.1, 0.15) is 40.0 Å². The number of rotatable bonds is 9. The van der Waals surface area contributed by atoms with Crippen molar-refractivity contribution in [2.75, 3.05) is 40.5 Å². The highest BCUT2D eigenvalue weighted by atomic mass is 16.5. The molecular formula is C26H32N4O3. The zero-order valence-electron chi connectivity index (χ0n) is 19.7. The Hall–Kier alpha value is -2.87. The summed E-state index contributed by atoms with van der Waals surface area (Å²) in [7, 11) is 3.38. The lowest BCUT2D eigenvalue weighted by molar-refractivity contribution is -0.0351. The molecular weight excluding hydrogens is 416 g/mol. The van der Waals surface area contributed by atoms with Crippen molar-refractivity contribution < 1.29 is 14.2 Å². The van der Waals surface area contributed by atoms with E-state index in [1.165, 1.54) is 11.1 Å². The number of morpholine rings is 1. The fourth-order valence-electron chi connectivity index (χ4n) is 4.12. The van der Waals surface area contributed by atoms with E-state index in [2.05, 4.69) is 39.1 Å². The number of aryl methyl sites for hydroxylation is 1. The first-order valence-corrected chi connectivity index (χ1v) is 11.4. The van der Waals surface area contributed by atoms with Crippen molar-refractivity contribution in [2.45, 2.75) is 32.4 Å². The van der Waals surface area contributed by atoms with Crippen LogP contribution in [0.25, 0.3) is 0 Å². The first-order valence-electron chi connectivity index (χ1n) is 11.4. The predicted molar refractivity (Wildman–Crippen MR) is 126 cm³/mol. The number of methoxy groups -OCH3 is 2. The number of benzene rings is 1. The van der Waals surface area contributed by atoms with Gasteiger partial charge in [-0.3, -0.25) is 9.88 Å². The summed E-state index contributed by atoms with van der Waals surface area (Å²) >= 11 is 0. The molecule has 0 amide bonds. The summed E-state index contributed by atoms with van der Waals surface area (Å²) in [4.78, 5) is 16.1. The average Bonchev–Trinajstić information content (AvgIpc) is 2.83. The van der Waals surface area contributed by atoms with Crippen molar-refractivity contribution in [1.82, 2.24) is 19.9 Å². The van der Waals surface area contributed by atoms with Crippen molar-refractivity contribution >= 4 is 0 Å². The zero-order chi connectivity index (χ0) is 23.0. The monoisotopic (exact) mass is 448 g/mol. The van der Waals surface area contributed by atoms with Gasteiger partial charge in [-0.05, 0) is 48.7 Å². The molecule has 1 saturated heterocycles. The van der Waals surface area contributed by atoms with Gasteiger partial charge in [-0.1, -0.05) is 12.1 Å². The third kappa shape index (κ3) is 6.57. The fraction of sp³-hybridized carbons (Fsp3) is 0.423. The minimum absolute atomic E-state index is 0.0513. The number of hydrogen-bond donors (Lipinski definition) is 0. The van der Waals surface area contributed by atoms with Gasteiger partial charge in [0.25, 0.3) is 0 Å². The molecule has 0 radical (unpaired) electrons. The molecule has 1 atom stereocenters. The van der Waals surface area contributed by atoms with E-state index in [-0.39, 0.29) is 6.10 Å². The van der Waals surface area contributed by atoms with E-state index in [4.69, 9.17) is 19.2 Å². The third-order valence-corrected chi connectivity index (χ3v) is 5.75. The second-order valence-corrected chi connectivity index (χ2v) is 8.41. The van der Waals surface area contributed by atoms with Gasteiger partial charge in [-0.25, -0.2) is 9.97 Å².